The minimum absolute atomic E-state index is 0.161. The molecule has 0 bridgehead atoms. The van der Waals surface area contributed by atoms with Gasteiger partial charge in [0.25, 0.3) is 5.91 Å². The van der Waals surface area contributed by atoms with E-state index in [0.29, 0.717) is 18.1 Å². The zero-order chi connectivity index (χ0) is 24.3. The molecule has 0 atom stereocenters. The van der Waals surface area contributed by atoms with Crippen LogP contribution in [0.4, 0.5) is 19.1 Å². The largest absolute Gasteiger partial charge is 0.416 e. The fourth-order valence-corrected chi connectivity index (χ4v) is 4.27. The minimum Gasteiger partial charge on any atom is -0.340 e. The number of aromatic nitrogens is 1. The Morgan fingerprint density at radius 3 is 2.29 bits per heavy atom. The molecular weight excluding hydrogens is 443 g/mol. The van der Waals surface area contributed by atoms with Crippen LogP contribution in [0.15, 0.2) is 59.1 Å². The summed E-state index contributed by atoms with van der Waals surface area (Å²) in [7, 11) is 0. The van der Waals surface area contributed by atoms with Crippen LogP contribution in [0.5, 0.6) is 0 Å². The lowest BCUT2D eigenvalue weighted by molar-refractivity contribution is -0.137. The fraction of sp³-hybridized carbons (Fsp3) is 0.385. The summed E-state index contributed by atoms with van der Waals surface area (Å²) in [6.45, 7) is 6.40. The molecule has 0 aliphatic carbocycles. The fourth-order valence-electron chi connectivity index (χ4n) is 4.27. The molecule has 1 amide bonds. The van der Waals surface area contributed by atoms with Crippen molar-refractivity contribution in [2.45, 2.75) is 39.4 Å². The molecule has 0 radical (unpaired) electrons. The molecule has 4 rings (SSSR count). The number of nitrogens with zero attached hydrogens (tertiary/aromatic N) is 3. The topological polar surface area (TPSA) is 49.6 Å². The van der Waals surface area contributed by atoms with E-state index in [1.807, 2.05) is 44.2 Å². The van der Waals surface area contributed by atoms with Crippen LogP contribution >= 0.6 is 0 Å². The molecule has 2 aromatic carbocycles. The molecule has 1 aliphatic rings. The Balaban J connectivity index is 1.69. The van der Waals surface area contributed by atoms with Gasteiger partial charge in [0.05, 0.1) is 17.7 Å². The number of rotatable bonds is 7. The van der Waals surface area contributed by atoms with Crippen LogP contribution in [0.25, 0.3) is 11.3 Å². The van der Waals surface area contributed by atoms with Crippen LogP contribution < -0.4 is 4.90 Å². The Morgan fingerprint density at radius 1 is 1.06 bits per heavy atom. The predicted molar refractivity (Wildman–Crippen MR) is 124 cm³/mol. The number of carbonyl (C=O) groups excluding carboxylic acids is 1. The standard InChI is InChI=1S/C26H28F3N3O2/c1-18(2)16-32(24(33)20-10-12-21(13-11-20)26(27,28)29)17-22-23(19-8-4-3-5-9-19)30-34-25(22)31-14-6-7-15-31/h3-5,8-13,18H,6-7,14-17H2,1-2H3. The third-order valence-electron chi connectivity index (χ3n) is 5.89. The molecule has 1 aliphatic heterocycles. The van der Waals surface area contributed by atoms with Crippen LogP contribution in [0.3, 0.4) is 0 Å². The van der Waals surface area contributed by atoms with Crippen molar-refractivity contribution in [2.75, 3.05) is 24.5 Å². The van der Waals surface area contributed by atoms with Crippen LogP contribution in [0.2, 0.25) is 0 Å². The average Bonchev–Trinajstić information content (AvgIpc) is 3.48. The molecule has 3 aromatic rings. The highest BCUT2D eigenvalue weighted by molar-refractivity contribution is 5.94. The van der Waals surface area contributed by atoms with Gasteiger partial charge in [0.1, 0.15) is 5.69 Å². The van der Waals surface area contributed by atoms with Gasteiger partial charge in [-0.1, -0.05) is 49.3 Å². The van der Waals surface area contributed by atoms with Crippen LogP contribution in [0.1, 0.15) is 48.2 Å². The summed E-state index contributed by atoms with van der Waals surface area (Å²) >= 11 is 0. The summed E-state index contributed by atoms with van der Waals surface area (Å²) < 4.78 is 44.7. The van der Waals surface area contributed by atoms with Gasteiger partial charge in [-0.15, -0.1) is 0 Å². The number of hydrogen-bond acceptors (Lipinski definition) is 4. The molecule has 8 heteroatoms. The van der Waals surface area contributed by atoms with Gasteiger partial charge >= 0.3 is 6.18 Å². The second-order valence-electron chi connectivity index (χ2n) is 9.03. The van der Waals surface area contributed by atoms with Gasteiger partial charge in [0.15, 0.2) is 0 Å². The van der Waals surface area contributed by atoms with E-state index < -0.39 is 11.7 Å². The van der Waals surface area contributed by atoms with Gasteiger partial charge < -0.3 is 14.3 Å². The summed E-state index contributed by atoms with van der Waals surface area (Å²) in [5.74, 6) is 0.494. The van der Waals surface area contributed by atoms with E-state index in [1.54, 1.807) is 4.90 Å². The molecule has 1 saturated heterocycles. The Hall–Kier alpha value is -3.29. The van der Waals surface area contributed by atoms with E-state index in [0.717, 1.165) is 49.2 Å². The molecule has 1 fully saturated rings. The first-order chi connectivity index (χ1) is 16.2. The first-order valence-electron chi connectivity index (χ1n) is 11.5. The number of anilines is 1. The van der Waals surface area contributed by atoms with E-state index in [-0.39, 0.29) is 23.9 Å². The average molecular weight is 472 g/mol. The molecule has 0 unspecified atom stereocenters. The minimum atomic E-state index is -4.45. The van der Waals surface area contributed by atoms with Crippen molar-refractivity contribution < 1.29 is 22.5 Å². The van der Waals surface area contributed by atoms with Gasteiger partial charge in [-0.2, -0.15) is 13.2 Å². The van der Waals surface area contributed by atoms with E-state index in [2.05, 4.69) is 10.1 Å². The maximum Gasteiger partial charge on any atom is 0.416 e. The molecule has 5 nitrogen and oxygen atoms in total. The maximum atomic E-state index is 13.4. The summed E-state index contributed by atoms with van der Waals surface area (Å²) in [5, 5.41) is 4.35. The smallest absolute Gasteiger partial charge is 0.340 e. The SMILES string of the molecule is CC(C)CN(Cc1c(-c2ccccc2)noc1N1CCCC1)C(=O)c1ccc(C(F)(F)F)cc1. The lowest BCUT2D eigenvalue weighted by Crippen LogP contribution is -2.34. The number of amides is 1. The summed E-state index contributed by atoms with van der Waals surface area (Å²) in [4.78, 5) is 17.2. The maximum absolute atomic E-state index is 13.4. The lowest BCUT2D eigenvalue weighted by Gasteiger charge is -2.26. The van der Waals surface area contributed by atoms with Gasteiger partial charge in [-0.3, -0.25) is 4.79 Å². The van der Waals surface area contributed by atoms with Crippen molar-refractivity contribution in [3.63, 3.8) is 0 Å². The summed E-state index contributed by atoms with van der Waals surface area (Å²) in [6, 6.07) is 14.0. The molecule has 1 aromatic heterocycles. The first-order valence-corrected chi connectivity index (χ1v) is 11.5. The molecule has 0 N–H and O–H groups in total. The molecule has 0 saturated carbocycles. The predicted octanol–water partition coefficient (Wildman–Crippen LogP) is 6.26. The van der Waals surface area contributed by atoms with E-state index >= 15 is 0 Å². The molecule has 2 heterocycles. The highest BCUT2D eigenvalue weighted by Crippen LogP contribution is 2.35. The number of benzene rings is 2. The van der Waals surface area contributed by atoms with Crippen molar-refractivity contribution in [3.05, 3.63) is 71.3 Å². The Morgan fingerprint density at radius 2 is 1.71 bits per heavy atom. The Labute approximate surface area is 197 Å². The van der Waals surface area contributed by atoms with Crippen LogP contribution in [0, 0.1) is 5.92 Å². The Kier molecular flexibility index (Phi) is 6.95. The van der Waals surface area contributed by atoms with E-state index in [1.165, 1.54) is 12.1 Å². The monoisotopic (exact) mass is 471 g/mol. The quantitative estimate of drug-likeness (QED) is 0.408. The molecule has 34 heavy (non-hydrogen) atoms. The van der Waals surface area contributed by atoms with Gasteiger partial charge in [0, 0.05) is 30.8 Å². The van der Waals surface area contributed by atoms with Crippen molar-refractivity contribution in [2.24, 2.45) is 5.92 Å². The van der Waals surface area contributed by atoms with E-state index in [9.17, 15) is 18.0 Å². The van der Waals surface area contributed by atoms with Crippen molar-refractivity contribution >= 4 is 11.8 Å². The number of carbonyl (C=O) groups is 1. The summed E-state index contributed by atoms with van der Waals surface area (Å²) in [5.41, 5.74) is 1.82. The Bertz CT molecular complexity index is 1100. The number of alkyl halides is 3. The second-order valence-corrected chi connectivity index (χ2v) is 9.03. The number of halogens is 3. The van der Waals surface area contributed by atoms with Crippen LogP contribution in [-0.4, -0.2) is 35.6 Å². The van der Waals surface area contributed by atoms with Crippen molar-refractivity contribution in [1.82, 2.24) is 10.1 Å². The van der Waals surface area contributed by atoms with E-state index in [4.69, 9.17) is 4.52 Å². The third kappa shape index (κ3) is 5.26. The highest BCUT2D eigenvalue weighted by atomic mass is 19.4. The lowest BCUT2D eigenvalue weighted by atomic mass is 10.0. The molecular formula is C26H28F3N3O2. The zero-order valence-corrected chi connectivity index (χ0v) is 19.3. The molecule has 180 valence electrons. The van der Waals surface area contributed by atoms with Crippen molar-refractivity contribution in [1.29, 1.82) is 0 Å². The second kappa shape index (κ2) is 9.91. The van der Waals surface area contributed by atoms with Crippen molar-refractivity contribution in [3.8, 4) is 11.3 Å². The zero-order valence-electron chi connectivity index (χ0n) is 19.3. The van der Waals surface area contributed by atoms with Gasteiger partial charge in [-0.05, 0) is 43.0 Å². The highest BCUT2D eigenvalue weighted by Gasteiger charge is 2.31. The molecule has 0 spiro atoms. The summed E-state index contributed by atoms with van der Waals surface area (Å²) in [6.07, 6.45) is -2.33. The van der Waals surface area contributed by atoms with Gasteiger partial charge in [0.2, 0.25) is 5.88 Å². The van der Waals surface area contributed by atoms with Crippen LogP contribution in [-0.2, 0) is 12.7 Å². The van der Waals surface area contributed by atoms with Gasteiger partial charge in [-0.25, -0.2) is 0 Å². The normalized spacial score (nSPS) is 14.1. The first kappa shape index (κ1) is 23.9. The number of hydrogen-bond donors (Lipinski definition) is 0. The third-order valence-corrected chi connectivity index (χ3v) is 5.89.